The summed E-state index contributed by atoms with van der Waals surface area (Å²) in [5.41, 5.74) is 4.67. The molecule has 0 unspecified atom stereocenters. The normalized spacial score (nSPS) is 13.2. The van der Waals surface area contributed by atoms with Crippen molar-refractivity contribution in [1.29, 1.82) is 0 Å². The first kappa shape index (κ1) is 52.0. The molecule has 20 heteroatoms. The fourth-order valence-electron chi connectivity index (χ4n) is 7.34. The fourth-order valence-corrected chi connectivity index (χ4v) is 7.34. The summed E-state index contributed by atoms with van der Waals surface area (Å²) in [6.45, 7) is 8.59. The van der Waals surface area contributed by atoms with E-state index >= 15 is 0 Å². The summed E-state index contributed by atoms with van der Waals surface area (Å²) in [6.07, 6.45) is -0.0217. The van der Waals surface area contributed by atoms with E-state index in [1.54, 1.807) is 46.3 Å². The molecule has 0 radical (unpaired) electrons. The molecule has 0 spiro atoms. The number of esters is 1. The topological polar surface area (TPSA) is 172 Å². The molecule has 1 amide bonds. The second-order valence-electron chi connectivity index (χ2n) is 15.0. The molecule has 2 fully saturated rings. The van der Waals surface area contributed by atoms with Gasteiger partial charge in [0.1, 0.15) is 46.0 Å². The van der Waals surface area contributed by atoms with Crippen molar-refractivity contribution in [2.75, 3.05) is 111 Å². The summed E-state index contributed by atoms with van der Waals surface area (Å²) in [5, 5.41) is 3.34. The van der Waals surface area contributed by atoms with Crippen molar-refractivity contribution in [2.45, 2.75) is 19.8 Å². The molecule has 68 heavy (non-hydrogen) atoms. The Kier molecular flexibility index (Phi) is 19.3. The third-order valence-electron chi connectivity index (χ3n) is 10.8. The number of anilines is 2. The fraction of sp³-hybridized carbons (Fsp3) is 0.375. The Balaban J connectivity index is 0.000000205. The maximum Gasteiger partial charge on any atom is 0.312 e. The molecule has 6 aromatic rings. The van der Waals surface area contributed by atoms with E-state index in [2.05, 4.69) is 35.1 Å². The minimum atomic E-state index is -0.425. The molecule has 364 valence electrons. The molecule has 2 aliphatic rings. The van der Waals surface area contributed by atoms with E-state index in [0.29, 0.717) is 59.6 Å². The maximum absolute atomic E-state index is 13.6. The Morgan fingerprint density at radius 3 is 1.38 bits per heavy atom. The van der Waals surface area contributed by atoms with Crippen molar-refractivity contribution in [3.8, 4) is 34.8 Å². The molecule has 2 aromatic heterocycles. The van der Waals surface area contributed by atoms with Crippen LogP contribution in [0.3, 0.4) is 0 Å². The van der Waals surface area contributed by atoms with Gasteiger partial charge in [-0.1, -0.05) is 0 Å². The van der Waals surface area contributed by atoms with Crippen LogP contribution in [-0.4, -0.2) is 138 Å². The number of hydrogen-bond acceptors (Lipinski definition) is 16. The number of rotatable bonds is 13. The lowest BCUT2D eigenvalue weighted by Gasteiger charge is -2.36. The Hall–Kier alpha value is -6.99. The standard InChI is InChI=1S/C23H25FN4O4.C13H13FN2O3.C12H18N2O2.ClH/c1-30-17-11-16(12-18(13-17)31-2)27-6-8-28(9-7-27)22(29)14-21-23(32-3)26-19-5-4-15(24)10-20(19)25-21;1-3-19-12(17)7-11-13(18-2)16-9-5-4-8(14)6-10(9)15-11;1-15-11-7-10(8-12(9-11)16-2)14-5-3-13-4-6-14;/h4-5,10-13H,6-9,14H2,1-3H3;4-6H,3,7H2,1-2H3;7-9,13H,3-6H2,1-2H3;1H. The molecule has 1 N–H and O–H groups in total. The van der Waals surface area contributed by atoms with Gasteiger partial charge in [0.2, 0.25) is 17.7 Å². The predicted octanol–water partition coefficient (Wildman–Crippen LogP) is 6.10. The quantitative estimate of drug-likeness (QED) is 0.132. The first-order valence-electron chi connectivity index (χ1n) is 21.6. The van der Waals surface area contributed by atoms with Gasteiger partial charge in [0.25, 0.3) is 0 Å². The van der Waals surface area contributed by atoms with Crippen LogP contribution < -0.4 is 43.5 Å². The van der Waals surface area contributed by atoms with Gasteiger partial charge in [-0.3, -0.25) is 9.59 Å². The number of aromatic nitrogens is 4. The Bertz CT molecular complexity index is 2590. The summed E-state index contributed by atoms with van der Waals surface area (Å²) >= 11 is 0. The highest BCUT2D eigenvalue weighted by molar-refractivity contribution is 5.85. The third kappa shape index (κ3) is 13.8. The summed E-state index contributed by atoms with van der Waals surface area (Å²) in [5.74, 6) is 2.33. The molecular formula is C48H57ClF2N8O9. The van der Waals surface area contributed by atoms with Crippen LogP contribution in [0.1, 0.15) is 18.3 Å². The van der Waals surface area contributed by atoms with Gasteiger partial charge in [0.15, 0.2) is 0 Å². The minimum absolute atomic E-state index is 0. The number of hydrogen-bond donors (Lipinski definition) is 1. The molecule has 17 nitrogen and oxygen atoms in total. The van der Waals surface area contributed by atoms with Gasteiger partial charge in [0.05, 0.1) is 84.2 Å². The molecule has 2 aliphatic heterocycles. The lowest BCUT2D eigenvalue weighted by Crippen LogP contribution is -2.49. The Labute approximate surface area is 400 Å². The van der Waals surface area contributed by atoms with E-state index in [0.717, 1.165) is 60.6 Å². The van der Waals surface area contributed by atoms with Crippen molar-refractivity contribution < 1.29 is 51.5 Å². The van der Waals surface area contributed by atoms with Crippen molar-refractivity contribution in [3.63, 3.8) is 0 Å². The summed E-state index contributed by atoms with van der Waals surface area (Å²) in [7, 11) is 9.51. The van der Waals surface area contributed by atoms with E-state index in [-0.39, 0.29) is 49.5 Å². The van der Waals surface area contributed by atoms with Gasteiger partial charge in [-0.25, -0.2) is 28.7 Å². The van der Waals surface area contributed by atoms with Gasteiger partial charge >= 0.3 is 5.97 Å². The second-order valence-corrected chi connectivity index (χ2v) is 15.0. The number of amides is 1. The average molecular weight is 963 g/mol. The van der Waals surface area contributed by atoms with E-state index in [9.17, 15) is 18.4 Å². The first-order chi connectivity index (χ1) is 32.5. The number of halogens is 3. The number of carbonyl (C=O) groups excluding carboxylic acids is 2. The molecule has 0 aliphatic carbocycles. The molecule has 2 saturated heterocycles. The Morgan fingerprint density at radius 2 is 0.971 bits per heavy atom. The second kappa shape index (κ2) is 25.2. The predicted molar refractivity (Wildman–Crippen MR) is 256 cm³/mol. The number of carbonyl (C=O) groups is 2. The lowest BCUT2D eigenvalue weighted by molar-refractivity contribution is -0.142. The van der Waals surface area contributed by atoms with Gasteiger partial charge in [-0.05, 0) is 31.2 Å². The zero-order valence-electron chi connectivity index (χ0n) is 39.2. The molecule has 4 aromatic carbocycles. The monoisotopic (exact) mass is 962 g/mol. The highest BCUT2D eigenvalue weighted by Gasteiger charge is 2.24. The first-order valence-corrected chi connectivity index (χ1v) is 21.6. The van der Waals surface area contributed by atoms with Crippen LogP contribution in [0.15, 0.2) is 72.8 Å². The van der Waals surface area contributed by atoms with Crippen LogP contribution in [0.25, 0.3) is 22.1 Å². The van der Waals surface area contributed by atoms with Crippen molar-refractivity contribution in [1.82, 2.24) is 30.2 Å². The molecule has 0 saturated carbocycles. The largest absolute Gasteiger partial charge is 0.497 e. The molecule has 0 bridgehead atoms. The lowest BCUT2D eigenvalue weighted by atomic mass is 10.2. The van der Waals surface area contributed by atoms with Crippen LogP contribution >= 0.6 is 12.4 Å². The van der Waals surface area contributed by atoms with Crippen LogP contribution in [0.4, 0.5) is 20.2 Å². The maximum atomic E-state index is 13.6. The van der Waals surface area contributed by atoms with Gasteiger partial charge in [0, 0.05) is 112 Å². The van der Waals surface area contributed by atoms with Gasteiger partial charge in [-0.15, -0.1) is 12.4 Å². The van der Waals surface area contributed by atoms with Crippen molar-refractivity contribution in [2.24, 2.45) is 0 Å². The number of ether oxygens (including phenoxy) is 7. The number of piperazine rings is 2. The zero-order chi connectivity index (χ0) is 47.9. The number of methoxy groups -OCH3 is 6. The zero-order valence-corrected chi connectivity index (χ0v) is 40.0. The highest BCUT2D eigenvalue weighted by atomic mass is 35.5. The van der Waals surface area contributed by atoms with E-state index in [4.69, 9.17) is 33.2 Å². The Morgan fingerprint density at radius 1 is 0.544 bits per heavy atom. The van der Waals surface area contributed by atoms with E-state index < -0.39 is 17.6 Å². The molecule has 4 heterocycles. The van der Waals surface area contributed by atoms with Crippen LogP contribution in [0.2, 0.25) is 0 Å². The SMILES string of the molecule is CCOC(=O)Cc1nc2cc(F)ccc2nc1OC.COc1cc(OC)cc(N2CCN(C(=O)Cc3nc4cc(F)ccc4nc3OC)CC2)c1.COc1cc(OC)cc(N2CCNCC2)c1.Cl. The van der Waals surface area contributed by atoms with E-state index in [1.807, 2.05) is 36.4 Å². The average Bonchev–Trinajstić information content (AvgIpc) is 3.36. The molecule has 8 rings (SSSR count). The molecular weight excluding hydrogens is 906 g/mol. The van der Waals surface area contributed by atoms with Crippen molar-refractivity contribution in [3.05, 3.63) is 95.8 Å². The van der Waals surface area contributed by atoms with Crippen molar-refractivity contribution >= 4 is 57.7 Å². The summed E-state index contributed by atoms with van der Waals surface area (Å²) in [6, 6.07) is 19.9. The smallest absolute Gasteiger partial charge is 0.312 e. The summed E-state index contributed by atoms with van der Waals surface area (Å²) < 4.78 is 63.2. The molecule has 0 atom stereocenters. The third-order valence-corrected chi connectivity index (χ3v) is 10.8. The number of fused-ring (bicyclic) bond motifs is 2. The van der Waals surface area contributed by atoms with Crippen LogP contribution in [0.5, 0.6) is 34.8 Å². The number of benzene rings is 4. The van der Waals surface area contributed by atoms with Gasteiger partial charge < -0.3 is 53.2 Å². The van der Waals surface area contributed by atoms with Gasteiger partial charge in [-0.2, -0.15) is 0 Å². The number of nitrogens with zero attached hydrogens (tertiary/aromatic N) is 7. The van der Waals surface area contributed by atoms with E-state index in [1.165, 1.54) is 44.6 Å². The van der Waals surface area contributed by atoms with Crippen LogP contribution in [-0.2, 0) is 27.2 Å². The minimum Gasteiger partial charge on any atom is -0.497 e. The number of nitrogens with one attached hydrogen (secondary N) is 1. The van der Waals surface area contributed by atoms with Crippen LogP contribution in [0, 0.1) is 11.6 Å². The highest BCUT2D eigenvalue weighted by Crippen LogP contribution is 2.31. The summed E-state index contributed by atoms with van der Waals surface area (Å²) in [4.78, 5) is 47.9.